The van der Waals surface area contributed by atoms with Crippen molar-refractivity contribution in [2.24, 2.45) is 5.41 Å². The lowest BCUT2D eigenvalue weighted by Crippen LogP contribution is -2.75. The standard InChI is InChI=1S/C22H20ClFN4O4/c23-16-2-1-15(7-17(16)24)31-10-19(30)27-22-11-21(12-22,13-22)8-14(29)9-32-20-4-6-28-18(26-20)3-5-25-28/h1-7H,8-13H2,(H,27,30). The van der Waals surface area contributed by atoms with Crippen LogP contribution in [0, 0.1) is 11.2 Å². The van der Waals surface area contributed by atoms with Crippen LogP contribution in [0.25, 0.3) is 5.65 Å². The Labute approximate surface area is 187 Å². The summed E-state index contributed by atoms with van der Waals surface area (Å²) in [7, 11) is 0. The van der Waals surface area contributed by atoms with Crippen molar-refractivity contribution in [1.29, 1.82) is 0 Å². The molecule has 2 heterocycles. The van der Waals surface area contributed by atoms with Gasteiger partial charge in [0.2, 0.25) is 5.88 Å². The molecule has 3 aliphatic rings. The minimum atomic E-state index is -0.599. The van der Waals surface area contributed by atoms with Crippen LogP contribution in [0.15, 0.2) is 42.7 Å². The van der Waals surface area contributed by atoms with Crippen LogP contribution in [0.3, 0.4) is 0 Å². The molecule has 3 saturated carbocycles. The third kappa shape index (κ3) is 4.00. The van der Waals surface area contributed by atoms with E-state index in [0.717, 1.165) is 25.3 Å². The van der Waals surface area contributed by atoms with Crippen LogP contribution in [0.2, 0.25) is 5.02 Å². The highest BCUT2D eigenvalue weighted by Gasteiger charge is 2.68. The fourth-order valence-corrected chi connectivity index (χ4v) is 4.98. The van der Waals surface area contributed by atoms with Gasteiger partial charge in [-0.25, -0.2) is 8.91 Å². The number of ketones is 1. The second kappa shape index (κ2) is 7.74. The molecule has 0 atom stereocenters. The second-order valence-corrected chi connectivity index (χ2v) is 9.03. The highest BCUT2D eigenvalue weighted by Crippen LogP contribution is 2.68. The summed E-state index contributed by atoms with van der Waals surface area (Å²) in [5.74, 6) is -0.243. The average Bonchev–Trinajstić information content (AvgIpc) is 3.18. The zero-order valence-electron chi connectivity index (χ0n) is 17.0. The van der Waals surface area contributed by atoms with Crippen molar-refractivity contribution in [1.82, 2.24) is 19.9 Å². The first kappa shape index (κ1) is 20.7. The molecule has 0 spiro atoms. The number of hydrogen-bond donors (Lipinski definition) is 1. The molecule has 1 amide bonds. The first-order valence-corrected chi connectivity index (χ1v) is 10.6. The van der Waals surface area contributed by atoms with Gasteiger partial charge in [0.05, 0.1) is 11.2 Å². The lowest BCUT2D eigenvalue weighted by atomic mass is 9.38. The van der Waals surface area contributed by atoms with Gasteiger partial charge in [0.25, 0.3) is 5.91 Å². The third-order valence-corrected chi connectivity index (χ3v) is 6.30. The first-order chi connectivity index (χ1) is 15.3. The second-order valence-electron chi connectivity index (χ2n) is 8.63. The number of carbonyl (C=O) groups is 2. The molecule has 2 aromatic heterocycles. The summed E-state index contributed by atoms with van der Waals surface area (Å²) < 4.78 is 25.9. The molecule has 0 unspecified atom stereocenters. The van der Waals surface area contributed by atoms with E-state index in [1.807, 2.05) is 0 Å². The van der Waals surface area contributed by atoms with Crippen molar-refractivity contribution in [3.63, 3.8) is 0 Å². The van der Waals surface area contributed by atoms with Crippen molar-refractivity contribution in [2.75, 3.05) is 13.2 Å². The third-order valence-electron chi connectivity index (χ3n) is 5.99. The molecular formula is C22H20ClFN4O4. The molecule has 3 aliphatic carbocycles. The number of carbonyl (C=O) groups excluding carboxylic acids is 2. The minimum Gasteiger partial charge on any atom is -0.484 e. The molecule has 3 aromatic rings. The van der Waals surface area contributed by atoms with Gasteiger partial charge in [0.15, 0.2) is 18.0 Å². The molecule has 0 aliphatic heterocycles. The minimum absolute atomic E-state index is 0.00319. The monoisotopic (exact) mass is 458 g/mol. The van der Waals surface area contributed by atoms with Crippen LogP contribution in [0.1, 0.15) is 25.7 Å². The number of nitrogens with zero attached hydrogens (tertiary/aromatic N) is 3. The van der Waals surface area contributed by atoms with Crippen LogP contribution < -0.4 is 14.8 Å². The molecule has 8 nitrogen and oxygen atoms in total. The van der Waals surface area contributed by atoms with Crippen molar-refractivity contribution in [2.45, 2.75) is 31.2 Å². The molecule has 0 radical (unpaired) electrons. The number of aromatic nitrogens is 3. The predicted molar refractivity (Wildman–Crippen MR) is 112 cm³/mol. The summed E-state index contributed by atoms with van der Waals surface area (Å²) in [6, 6.07) is 7.44. The molecule has 2 bridgehead atoms. The van der Waals surface area contributed by atoms with E-state index < -0.39 is 5.82 Å². The summed E-state index contributed by atoms with van der Waals surface area (Å²) in [6.07, 6.45) is 6.05. The Balaban J connectivity index is 1.04. The molecule has 6 rings (SSSR count). The van der Waals surface area contributed by atoms with Crippen molar-refractivity contribution in [3.05, 3.63) is 53.6 Å². The van der Waals surface area contributed by atoms with Gasteiger partial charge < -0.3 is 14.8 Å². The number of ether oxygens (including phenoxy) is 2. The maximum atomic E-state index is 13.4. The molecular weight excluding hydrogens is 439 g/mol. The number of amides is 1. The summed E-state index contributed by atoms with van der Waals surface area (Å²) >= 11 is 5.63. The predicted octanol–water partition coefficient (Wildman–Crippen LogP) is 2.98. The number of benzene rings is 1. The molecule has 0 saturated heterocycles. The highest BCUT2D eigenvalue weighted by atomic mass is 35.5. The molecule has 32 heavy (non-hydrogen) atoms. The van der Waals surface area contributed by atoms with Crippen LogP contribution in [-0.4, -0.2) is 45.0 Å². The van der Waals surface area contributed by atoms with Crippen LogP contribution in [0.5, 0.6) is 11.6 Å². The quantitative estimate of drug-likeness (QED) is 0.529. The Morgan fingerprint density at radius 2 is 1.97 bits per heavy atom. The van der Waals surface area contributed by atoms with Crippen molar-refractivity contribution < 1.29 is 23.5 Å². The fraction of sp³-hybridized carbons (Fsp3) is 0.364. The van der Waals surface area contributed by atoms with Gasteiger partial charge in [0, 0.05) is 36.4 Å². The van der Waals surface area contributed by atoms with Gasteiger partial charge in [-0.15, -0.1) is 0 Å². The largest absolute Gasteiger partial charge is 0.484 e. The molecule has 1 N–H and O–H groups in total. The number of fused-ring (bicyclic) bond motifs is 1. The number of Topliss-reactive ketones (excluding diaryl/α,β-unsaturated/α-hetero) is 1. The van der Waals surface area contributed by atoms with Crippen molar-refractivity contribution in [3.8, 4) is 11.6 Å². The van der Waals surface area contributed by atoms with E-state index in [1.165, 1.54) is 12.1 Å². The average molecular weight is 459 g/mol. The molecule has 3 fully saturated rings. The lowest BCUT2D eigenvalue weighted by molar-refractivity contribution is -0.173. The fourth-order valence-electron chi connectivity index (χ4n) is 4.86. The van der Waals surface area contributed by atoms with Crippen molar-refractivity contribution >= 4 is 28.9 Å². The zero-order valence-corrected chi connectivity index (χ0v) is 17.8. The SMILES string of the molecule is O=C(COc1ccn2nccc2n1)CC12CC(NC(=O)COc3ccc(Cl)c(F)c3)(C1)C2. The number of halogens is 2. The summed E-state index contributed by atoms with van der Waals surface area (Å²) in [6.45, 7) is -0.249. The van der Waals surface area contributed by atoms with Gasteiger partial charge in [-0.2, -0.15) is 10.1 Å². The van der Waals surface area contributed by atoms with Crippen LogP contribution in [-0.2, 0) is 9.59 Å². The van der Waals surface area contributed by atoms with E-state index in [1.54, 1.807) is 29.0 Å². The first-order valence-electron chi connectivity index (χ1n) is 10.2. The Bertz CT molecular complexity index is 1190. The van der Waals surface area contributed by atoms with E-state index in [9.17, 15) is 14.0 Å². The maximum Gasteiger partial charge on any atom is 0.258 e. The van der Waals surface area contributed by atoms with Gasteiger partial charge >= 0.3 is 0 Å². The highest BCUT2D eigenvalue weighted by molar-refractivity contribution is 6.30. The molecule has 1 aromatic carbocycles. The Morgan fingerprint density at radius 3 is 2.75 bits per heavy atom. The van der Waals surface area contributed by atoms with Gasteiger partial charge in [-0.1, -0.05) is 11.6 Å². The Morgan fingerprint density at radius 1 is 1.16 bits per heavy atom. The molecule has 10 heteroatoms. The summed E-state index contributed by atoms with van der Waals surface area (Å²) in [5, 5.41) is 7.04. The topological polar surface area (TPSA) is 94.8 Å². The molecule has 166 valence electrons. The zero-order chi connectivity index (χ0) is 22.3. The lowest BCUT2D eigenvalue weighted by Gasteiger charge is -2.70. The van der Waals surface area contributed by atoms with Gasteiger partial charge in [-0.3, -0.25) is 9.59 Å². The number of rotatable bonds is 9. The van der Waals surface area contributed by atoms with E-state index in [4.69, 9.17) is 21.1 Å². The van der Waals surface area contributed by atoms with E-state index in [0.29, 0.717) is 17.9 Å². The summed E-state index contributed by atoms with van der Waals surface area (Å²) in [4.78, 5) is 28.9. The normalized spacial score (nSPS) is 23.2. The Hall–Kier alpha value is -3.20. The van der Waals surface area contributed by atoms with Gasteiger partial charge in [0.1, 0.15) is 18.2 Å². The van der Waals surface area contributed by atoms with E-state index >= 15 is 0 Å². The van der Waals surface area contributed by atoms with E-state index in [-0.39, 0.29) is 46.6 Å². The van der Waals surface area contributed by atoms with Crippen LogP contribution >= 0.6 is 11.6 Å². The number of nitrogens with one attached hydrogen (secondary N) is 1. The maximum absolute atomic E-state index is 13.4. The smallest absolute Gasteiger partial charge is 0.258 e. The Kier molecular flexibility index (Phi) is 5.00. The van der Waals surface area contributed by atoms with Gasteiger partial charge in [-0.05, 0) is 36.8 Å². The van der Waals surface area contributed by atoms with E-state index in [2.05, 4.69) is 15.4 Å². The van der Waals surface area contributed by atoms with Crippen LogP contribution in [0.4, 0.5) is 4.39 Å². The number of hydrogen-bond acceptors (Lipinski definition) is 6. The summed E-state index contributed by atoms with van der Waals surface area (Å²) in [5.41, 5.74) is 0.329.